The van der Waals surface area contributed by atoms with Gasteiger partial charge < -0.3 is 30.9 Å². The van der Waals surface area contributed by atoms with Crippen LogP contribution in [0.4, 0.5) is 4.79 Å². The third kappa shape index (κ3) is 7.32. The van der Waals surface area contributed by atoms with Gasteiger partial charge in [-0.05, 0) is 32.3 Å². The lowest BCUT2D eigenvalue weighted by atomic mass is 10.2. The first kappa shape index (κ1) is 26.4. The van der Waals surface area contributed by atoms with Gasteiger partial charge in [0, 0.05) is 13.6 Å². The Morgan fingerprint density at radius 3 is 2.35 bits per heavy atom. The zero-order valence-corrected chi connectivity index (χ0v) is 19.6. The maximum atomic E-state index is 12.8. The van der Waals surface area contributed by atoms with Crippen molar-refractivity contribution in [3.8, 4) is 0 Å². The molecule has 1 fully saturated rings. The summed E-state index contributed by atoms with van der Waals surface area (Å²) in [5.41, 5.74) is 0.568. The maximum Gasteiger partial charge on any atom is 0.408 e. The summed E-state index contributed by atoms with van der Waals surface area (Å²) < 4.78 is 5.08. The molecule has 1 aliphatic rings. The van der Waals surface area contributed by atoms with Crippen molar-refractivity contribution in [2.45, 2.75) is 51.4 Å². The van der Waals surface area contributed by atoms with E-state index in [2.05, 4.69) is 27.8 Å². The number of amides is 5. The van der Waals surface area contributed by atoms with Crippen molar-refractivity contribution in [3.05, 3.63) is 48.2 Å². The molecule has 1 aromatic rings. The molecule has 4 N–H and O–H groups in total. The van der Waals surface area contributed by atoms with Crippen LogP contribution in [0.25, 0.3) is 0 Å². The monoisotopic (exact) mass is 473 g/mol. The third-order valence-electron chi connectivity index (χ3n) is 5.29. The predicted octanol–water partition coefficient (Wildman–Crippen LogP) is 0.173. The minimum absolute atomic E-state index is 0.0448. The number of hydrogen-bond acceptors (Lipinski definition) is 6. The third-order valence-corrected chi connectivity index (χ3v) is 5.29. The zero-order chi connectivity index (χ0) is 25.3. The SMILES string of the molecule is C=C(NC(=O)[C@@H](C)NC(=O)OCc1ccccc1)C(=O)N1CCC[C@@H]1C(=O)N[C@H](C)C(=O)NC. The molecular formula is C23H31N5O6. The Morgan fingerprint density at radius 1 is 1.06 bits per heavy atom. The van der Waals surface area contributed by atoms with Gasteiger partial charge in [-0.1, -0.05) is 36.9 Å². The zero-order valence-electron chi connectivity index (χ0n) is 19.6. The number of likely N-dealkylation sites (N-methyl/N-ethyl adjacent to an activating group) is 1. The number of ether oxygens (including phenoxy) is 1. The second-order valence-electron chi connectivity index (χ2n) is 7.90. The highest BCUT2D eigenvalue weighted by Crippen LogP contribution is 2.19. The Labute approximate surface area is 198 Å². The van der Waals surface area contributed by atoms with Crippen LogP contribution in [0, 0.1) is 0 Å². The quantitative estimate of drug-likeness (QED) is 0.376. The van der Waals surface area contributed by atoms with E-state index in [1.54, 1.807) is 12.1 Å². The molecule has 0 bridgehead atoms. The summed E-state index contributed by atoms with van der Waals surface area (Å²) in [7, 11) is 1.46. The molecule has 0 aliphatic carbocycles. The van der Waals surface area contributed by atoms with Gasteiger partial charge in [-0.25, -0.2) is 4.79 Å². The Bertz CT molecular complexity index is 935. The average molecular weight is 474 g/mol. The Morgan fingerprint density at radius 2 is 1.71 bits per heavy atom. The highest BCUT2D eigenvalue weighted by atomic mass is 16.5. The van der Waals surface area contributed by atoms with Crippen LogP contribution in [0.2, 0.25) is 0 Å². The van der Waals surface area contributed by atoms with Gasteiger partial charge in [0.2, 0.25) is 17.7 Å². The fourth-order valence-corrected chi connectivity index (χ4v) is 3.36. The molecule has 11 nitrogen and oxygen atoms in total. The highest BCUT2D eigenvalue weighted by molar-refractivity contribution is 6.01. The van der Waals surface area contributed by atoms with Crippen LogP contribution >= 0.6 is 0 Å². The topological polar surface area (TPSA) is 146 Å². The summed E-state index contributed by atoms with van der Waals surface area (Å²) in [5, 5.41) is 9.78. The van der Waals surface area contributed by atoms with Crippen molar-refractivity contribution in [1.29, 1.82) is 0 Å². The fourth-order valence-electron chi connectivity index (χ4n) is 3.36. The summed E-state index contributed by atoms with van der Waals surface area (Å²) in [5.74, 6) is -2.09. The maximum absolute atomic E-state index is 12.8. The Kier molecular flexibility index (Phi) is 9.60. The summed E-state index contributed by atoms with van der Waals surface area (Å²) in [6.45, 7) is 6.93. The molecule has 0 unspecified atom stereocenters. The van der Waals surface area contributed by atoms with Crippen LogP contribution in [0.5, 0.6) is 0 Å². The molecule has 0 radical (unpaired) electrons. The molecular weight excluding hydrogens is 442 g/mol. The van der Waals surface area contributed by atoms with E-state index in [1.807, 2.05) is 18.2 Å². The van der Waals surface area contributed by atoms with Gasteiger partial charge in [0.1, 0.15) is 24.7 Å². The van der Waals surface area contributed by atoms with Crippen LogP contribution in [0.1, 0.15) is 32.3 Å². The van der Waals surface area contributed by atoms with Crippen molar-refractivity contribution in [2.75, 3.05) is 13.6 Å². The van der Waals surface area contributed by atoms with Crippen molar-refractivity contribution in [3.63, 3.8) is 0 Å². The summed E-state index contributed by atoms with van der Waals surface area (Å²) in [4.78, 5) is 62.7. The van der Waals surface area contributed by atoms with E-state index in [4.69, 9.17) is 4.74 Å². The molecule has 184 valence electrons. The van der Waals surface area contributed by atoms with Gasteiger partial charge in [0.15, 0.2) is 0 Å². The van der Waals surface area contributed by atoms with Crippen molar-refractivity contribution in [2.24, 2.45) is 0 Å². The molecule has 3 atom stereocenters. The molecule has 5 amide bonds. The number of carbonyl (C=O) groups is 5. The lowest BCUT2D eigenvalue weighted by Crippen LogP contribution is -2.53. The normalized spacial score (nSPS) is 16.6. The van der Waals surface area contributed by atoms with Gasteiger partial charge in [-0.2, -0.15) is 0 Å². The molecule has 1 heterocycles. The van der Waals surface area contributed by atoms with E-state index in [9.17, 15) is 24.0 Å². The summed E-state index contributed by atoms with van der Waals surface area (Å²) in [6.07, 6.45) is 0.222. The van der Waals surface area contributed by atoms with Gasteiger partial charge in [-0.3, -0.25) is 19.2 Å². The smallest absolute Gasteiger partial charge is 0.408 e. The lowest BCUT2D eigenvalue weighted by molar-refractivity contribution is -0.137. The number of hydrogen-bond donors (Lipinski definition) is 4. The first-order valence-electron chi connectivity index (χ1n) is 10.9. The highest BCUT2D eigenvalue weighted by Gasteiger charge is 2.36. The van der Waals surface area contributed by atoms with Gasteiger partial charge in [0.05, 0.1) is 5.70 Å². The first-order chi connectivity index (χ1) is 16.1. The van der Waals surface area contributed by atoms with E-state index < -0.39 is 41.9 Å². The van der Waals surface area contributed by atoms with Crippen LogP contribution < -0.4 is 21.3 Å². The number of nitrogens with one attached hydrogen (secondary N) is 4. The van der Waals surface area contributed by atoms with E-state index in [0.29, 0.717) is 19.4 Å². The number of likely N-dealkylation sites (tertiary alicyclic amines) is 1. The molecule has 1 aliphatic heterocycles. The number of nitrogens with zero attached hydrogens (tertiary/aromatic N) is 1. The lowest BCUT2D eigenvalue weighted by Gasteiger charge is -2.26. The Hall–Kier alpha value is -3.89. The van der Waals surface area contributed by atoms with E-state index in [0.717, 1.165) is 5.56 Å². The predicted molar refractivity (Wildman–Crippen MR) is 123 cm³/mol. The van der Waals surface area contributed by atoms with E-state index in [-0.39, 0.29) is 18.2 Å². The standard InChI is InChI=1S/C23H31N5O6/c1-14(19(29)24-4)25-21(31)18-11-8-12-28(18)22(32)16(3)26-20(30)15(2)27-23(33)34-13-17-9-6-5-7-10-17/h5-7,9-10,14-15,18H,3,8,11-13H2,1-2,4H3,(H,24,29)(H,25,31)(H,26,30)(H,27,33)/t14-,15-,18-/m1/s1. The fraction of sp³-hybridized carbons (Fsp3) is 0.435. The van der Waals surface area contributed by atoms with Crippen LogP contribution in [0.15, 0.2) is 42.6 Å². The van der Waals surface area contributed by atoms with Crippen LogP contribution in [-0.4, -0.2) is 66.3 Å². The molecule has 2 rings (SSSR count). The molecule has 1 aromatic carbocycles. The van der Waals surface area contributed by atoms with Crippen molar-refractivity contribution < 1.29 is 28.7 Å². The molecule has 34 heavy (non-hydrogen) atoms. The first-order valence-corrected chi connectivity index (χ1v) is 10.9. The number of rotatable bonds is 9. The summed E-state index contributed by atoms with van der Waals surface area (Å²) in [6, 6.07) is 6.52. The second kappa shape index (κ2) is 12.4. The minimum Gasteiger partial charge on any atom is -0.445 e. The van der Waals surface area contributed by atoms with Gasteiger partial charge in [-0.15, -0.1) is 0 Å². The molecule has 0 aromatic heterocycles. The van der Waals surface area contributed by atoms with Gasteiger partial charge >= 0.3 is 6.09 Å². The molecule has 11 heteroatoms. The van der Waals surface area contributed by atoms with E-state index in [1.165, 1.54) is 25.8 Å². The van der Waals surface area contributed by atoms with Crippen LogP contribution in [-0.2, 0) is 30.5 Å². The number of alkyl carbamates (subject to hydrolysis) is 1. The Balaban J connectivity index is 1.85. The largest absolute Gasteiger partial charge is 0.445 e. The molecule has 1 saturated heterocycles. The average Bonchev–Trinajstić information content (AvgIpc) is 3.32. The van der Waals surface area contributed by atoms with E-state index >= 15 is 0 Å². The van der Waals surface area contributed by atoms with Gasteiger partial charge in [0.25, 0.3) is 5.91 Å². The van der Waals surface area contributed by atoms with Crippen molar-refractivity contribution >= 4 is 29.7 Å². The molecule has 0 spiro atoms. The second-order valence-corrected chi connectivity index (χ2v) is 7.90. The summed E-state index contributed by atoms with van der Waals surface area (Å²) >= 11 is 0. The van der Waals surface area contributed by atoms with Crippen LogP contribution in [0.3, 0.4) is 0 Å². The number of benzene rings is 1. The van der Waals surface area contributed by atoms with Crippen molar-refractivity contribution in [1.82, 2.24) is 26.2 Å². The number of carbonyl (C=O) groups excluding carboxylic acids is 5. The molecule has 0 saturated carbocycles. The minimum atomic E-state index is -1.00.